The van der Waals surface area contributed by atoms with E-state index in [1.165, 1.54) is 18.3 Å². The Hall–Kier alpha value is -3.64. The Morgan fingerprint density at radius 1 is 1.15 bits per heavy atom. The largest absolute Gasteiger partial charge is 0.507 e. The number of hydrogen-bond acceptors (Lipinski definition) is 5. The second-order valence-electron chi connectivity index (χ2n) is 5.83. The van der Waals surface area contributed by atoms with Gasteiger partial charge in [0.1, 0.15) is 5.75 Å². The van der Waals surface area contributed by atoms with Gasteiger partial charge in [0.2, 0.25) is 0 Å². The second kappa shape index (κ2) is 8.16. The molecule has 1 atom stereocenters. The van der Waals surface area contributed by atoms with E-state index in [-0.39, 0.29) is 11.3 Å². The first-order valence-electron chi connectivity index (χ1n) is 8.23. The first kappa shape index (κ1) is 18.2. The average molecular weight is 362 g/mol. The first-order chi connectivity index (χ1) is 13.0. The lowest BCUT2D eigenvalue weighted by Crippen LogP contribution is -2.08. The molecule has 0 radical (unpaired) electrons. The van der Waals surface area contributed by atoms with Crippen molar-refractivity contribution < 1.29 is 20.1 Å². The highest BCUT2D eigenvalue weighted by atomic mass is 16.4. The van der Waals surface area contributed by atoms with Gasteiger partial charge in [-0.05, 0) is 30.3 Å². The third-order valence-corrected chi connectivity index (χ3v) is 3.95. The third kappa shape index (κ3) is 4.50. The van der Waals surface area contributed by atoms with Crippen LogP contribution >= 0.6 is 0 Å². The standard InChI is InChI=1S/C21H18N2O4/c24-19-7-3-1-5-15(19)12-22-17-10-9-14(21(26)27)11-18(17)23-13-16-6-2-4-8-20(16)25/h1-13,20,23-25H,(H,26,27)/b16-13-,22-12?. The average Bonchev–Trinajstić information content (AvgIpc) is 2.67. The van der Waals surface area contributed by atoms with E-state index in [1.807, 2.05) is 0 Å². The molecule has 0 fully saturated rings. The van der Waals surface area contributed by atoms with Crippen molar-refractivity contribution in [3.8, 4) is 5.75 Å². The minimum absolute atomic E-state index is 0.0993. The molecule has 3 rings (SSSR count). The van der Waals surface area contributed by atoms with Crippen molar-refractivity contribution in [3.05, 3.63) is 89.7 Å². The van der Waals surface area contributed by atoms with Gasteiger partial charge >= 0.3 is 5.97 Å². The molecule has 2 aromatic carbocycles. The Morgan fingerprint density at radius 3 is 2.70 bits per heavy atom. The van der Waals surface area contributed by atoms with Gasteiger partial charge in [0, 0.05) is 23.6 Å². The van der Waals surface area contributed by atoms with Crippen LogP contribution in [0.3, 0.4) is 0 Å². The van der Waals surface area contributed by atoms with Crippen LogP contribution in [0.15, 0.2) is 83.5 Å². The number of phenols is 1. The fraction of sp³-hybridized carbons (Fsp3) is 0.0476. The number of aromatic carboxylic acids is 1. The number of anilines is 1. The number of aromatic hydroxyl groups is 1. The van der Waals surface area contributed by atoms with Crippen molar-refractivity contribution >= 4 is 23.6 Å². The summed E-state index contributed by atoms with van der Waals surface area (Å²) in [6.45, 7) is 0. The van der Waals surface area contributed by atoms with Crippen molar-refractivity contribution in [2.45, 2.75) is 6.10 Å². The number of phenolic OH excluding ortho intramolecular Hbond substituents is 1. The van der Waals surface area contributed by atoms with Crippen LogP contribution in [0.1, 0.15) is 15.9 Å². The van der Waals surface area contributed by atoms with E-state index in [1.54, 1.807) is 60.8 Å². The van der Waals surface area contributed by atoms with Gasteiger partial charge < -0.3 is 20.6 Å². The number of benzene rings is 2. The van der Waals surface area contributed by atoms with Gasteiger partial charge in [0.05, 0.1) is 23.0 Å². The van der Waals surface area contributed by atoms with Gasteiger partial charge in [-0.1, -0.05) is 36.4 Å². The predicted octanol–water partition coefficient (Wildman–Crippen LogP) is 3.62. The minimum Gasteiger partial charge on any atom is -0.507 e. The number of para-hydroxylation sites is 1. The Kier molecular flexibility index (Phi) is 5.49. The third-order valence-electron chi connectivity index (χ3n) is 3.95. The summed E-state index contributed by atoms with van der Waals surface area (Å²) in [4.78, 5) is 15.6. The van der Waals surface area contributed by atoms with Gasteiger partial charge in [0.15, 0.2) is 0 Å². The molecule has 0 amide bonds. The van der Waals surface area contributed by atoms with Crippen LogP contribution in [0, 0.1) is 0 Å². The lowest BCUT2D eigenvalue weighted by Gasteiger charge is -2.12. The van der Waals surface area contributed by atoms with Crippen molar-refractivity contribution in [1.82, 2.24) is 0 Å². The van der Waals surface area contributed by atoms with Gasteiger partial charge in [-0.25, -0.2) is 4.79 Å². The van der Waals surface area contributed by atoms with E-state index in [4.69, 9.17) is 0 Å². The second-order valence-corrected chi connectivity index (χ2v) is 5.83. The van der Waals surface area contributed by atoms with E-state index in [2.05, 4.69) is 10.3 Å². The number of nitrogens with one attached hydrogen (secondary N) is 1. The van der Waals surface area contributed by atoms with Crippen molar-refractivity contribution in [1.29, 1.82) is 0 Å². The maximum atomic E-state index is 11.3. The van der Waals surface area contributed by atoms with E-state index in [0.717, 1.165) is 0 Å². The minimum atomic E-state index is -1.05. The molecule has 0 heterocycles. The maximum Gasteiger partial charge on any atom is 0.335 e. The number of aliphatic hydroxyl groups is 1. The molecule has 0 aromatic heterocycles. The lowest BCUT2D eigenvalue weighted by molar-refractivity contribution is 0.0697. The summed E-state index contributed by atoms with van der Waals surface area (Å²) in [7, 11) is 0. The summed E-state index contributed by atoms with van der Waals surface area (Å²) in [5.74, 6) is -0.954. The fourth-order valence-corrected chi connectivity index (χ4v) is 2.47. The summed E-state index contributed by atoms with van der Waals surface area (Å²) in [5, 5.41) is 32.0. The zero-order valence-corrected chi connectivity index (χ0v) is 14.3. The van der Waals surface area contributed by atoms with Gasteiger partial charge in [-0.2, -0.15) is 0 Å². The molecule has 0 bridgehead atoms. The van der Waals surface area contributed by atoms with E-state index in [9.17, 15) is 20.1 Å². The Balaban J connectivity index is 1.92. The van der Waals surface area contributed by atoms with E-state index < -0.39 is 12.1 Å². The van der Waals surface area contributed by atoms with Crippen LogP contribution < -0.4 is 5.32 Å². The Labute approximate surface area is 156 Å². The number of rotatable bonds is 5. The number of nitrogens with zero attached hydrogens (tertiary/aromatic N) is 1. The molecular formula is C21H18N2O4. The smallest absolute Gasteiger partial charge is 0.335 e. The number of aliphatic imine (C=N–C) groups is 1. The molecule has 0 saturated carbocycles. The highest BCUT2D eigenvalue weighted by molar-refractivity contribution is 5.92. The quantitative estimate of drug-likeness (QED) is 0.609. The topological polar surface area (TPSA) is 102 Å². The molecule has 4 N–H and O–H groups in total. The number of carboxylic acids is 1. The number of carbonyl (C=O) groups is 1. The van der Waals surface area contributed by atoms with E-state index >= 15 is 0 Å². The molecule has 0 spiro atoms. The zero-order valence-electron chi connectivity index (χ0n) is 14.3. The molecule has 6 nitrogen and oxygen atoms in total. The summed E-state index contributed by atoms with van der Waals surface area (Å²) in [6.07, 6.45) is 9.30. The van der Waals surface area contributed by atoms with Crippen molar-refractivity contribution in [2.75, 3.05) is 5.32 Å². The highest BCUT2D eigenvalue weighted by Crippen LogP contribution is 2.28. The SMILES string of the molecule is O=C(O)c1ccc(N=Cc2ccccc2O)c(N/C=C2/C=CC=CC2O)c1. The van der Waals surface area contributed by atoms with Crippen molar-refractivity contribution in [2.24, 2.45) is 4.99 Å². The molecule has 0 aliphatic heterocycles. The fourth-order valence-electron chi connectivity index (χ4n) is 2.47. The zero-order chi connectivity index (χ0) is 19.2. The highest BCUT2D eigenvalue weighted by Gasteiger charge is 2.10. The molecule has 2 aromatic rings. The number of aliphatic hydroxyl groups excluding tert-OH is 1. The number of hydrogen-bond donors (Lipinski definition) is 4. The number of carboxylic acid groups (broad SMARTS) is 1. The lowest BCUT2D eigenvalue weighted by atomic mass is 10.1. The molecule has 1 unspecified atom stereocenters. The summed E-state index contributed by atoms with van der Waals surface area (Å²) in [6, 6.07) is 11.3. The van der Waals surface area contributed by atoms with Gasteiger partial charge in [-0.15, -0.1) is 0 Å². The van der Waals surface area contributed by atoms with Crippen LogP contribution in [0.4, 0.5) is 11.4 Å². The Morgan fingerprint density at radius 2 is 1.96 bits per heavy atom. The molecule has 1 aliphatic carbocycles. The molecular weight excluding hydrogens is 344 g/mol. The van der Waals surface area contributed by atoms with Crippen LogP contribution in [-0.4, -0.2) is 33.6 Å². The first-order valence-corrected chi connectivity index (χ1v) is 8.23. The van der Waals surface area contributed by atoms with Crippen LogP contribution in [0.25, 0.3) is 0 Å². The Bertz CT molecular complexity index is 974. The van der Waals surface area contributed by atoms with Crippen LogP contribution in [0.5, 0.6) is 5.75 Å². The normalized spacial score (nSPS) is 17.5. The molecule has 0 saturated heterocycles. The monoisotopic (exact) mass is 362 g/mol. The molecule has 136 valence electrons. The molecule has 1 aliphatic rings. The van der Waals surface area contributed by atoms with Crippen LogP contribution in [-0.2, 0) is 0 Å². The van der Waals surface area contributed by atoms with Gasteiger partial charge in [0.25, 0.3) is 0 Å². The summed E-state index contributed by atoms with van der Waals surface area (Å²) in [5.41, 5.74) is 2.24. The summed E-state index contributed by atoms with van der Waals surface area (Å²) >= 11 is 0. The molecule has 27 heavy (non-hydrogen) atoms. The van der Waals surface area contributed by atoms with Crippen LogP contribution in [0.2, 0.25) is 0 Å². The predicted molar refractivity (Wildman–Crippen MR) is 105 cm³/mol. The van der Waals surface area contributed by atoms with E-state index in [0.29, 0.717) is 22.5 Å². The van der Waals surface area contributed by atoms with Crippen molar-refractivity contribution in [3.63, 3.8) is 0 Å². The van der Waals surface area contributed by atoms with Gasteiger partial charge in [-0.3, -0.25) is 4.99 Å². The summed E-state index contributed by atoms with van der Waals surface area (Å²) < 4.78 is 0. The number of allylic oxidation sites excluding steroid dienone is 2. The molecule has 6 heteroatoms. The maximum absolute atomic E-state index is 11.3.